The molecule has 1 aromatic carbocycles. The molecule has 0 radical (unpaired) electrons. The van der Waals surface area contributed by atoms with Crippen LogP contribution in [0.1, 0.15) is 47.1 Å². The van der Waals surface area contributed by atoms with Crippen LogP contribution in [0.5, 0.6) is 0 Å². The van der Waals surface area contributed by atoms with Crippen LogP contribution in [0.4, 0.5) is 5.69 Å². The molecule has 1 aliphatic rings. The summed E-state index contributed by atoms with van der Waals surface area (Å²) >= 11 is 0. The molecule has 27 heavy (non-hydrogen) atoms. The third-order valence-corrected chi connectivity index (χ3v) is 4.99. The first kappa shape index (κ1) is 17.3. The maximum Gasteiger partial charge on any atom is 0.255 e. The summed E-state index contributed by atoms with van der Waals surface area (Å²) in [4.78, 5) is 27.0. The number of nitrogens with zero attached hydrogens (tertiary/aromatic N) is 1. The number of H-pyrrole nitrogens is 2. The van der Waals surface area contributed by atoms with Crippen LogP contribution in [0.25, 0.3) is 11.3 Å². The third kappa shape index (κ3) is 3.56. The Kier molecular flexibility index (Phi) is 4.62. The van der Waals surface area contributed by atoms with E-state index in [9.17, 15) is 9.59 Å². The zero-order chi connectivity index (χ0) is 18.8. The predicted molar refractivity (Wildman–Crippen MR) is 105 cm³/mol. The first-order valence-electron chi connectivity index (χ1n) is 9.35. The van der Waals surface area contributed by atoms with Crippen molar-refractivity contribution in [1.82, 2.24) is 15.2 Å². The van der Waals surface area contributed by atoms with Crippen molar-refractivity contribution >= 4 is 11.6 Å². The van der Waals surface area contributed by atoms with E-state index >= 15 is 0 Å². The molecule has 0 saturated heterocycles. The third-order valence-electron chi connectivity index (χ3n) is 4.99. The Morgan fingerprint density at radius 1 is 1.19 bits per heavy atom. The lowest BCUT2D eigenvalue weighted by Gasteiger charge is -2.12. The van der Waals surface area contributed by atoms with E-state index in [0.717, 1.165) is 29.8 Å². The van der Waals surface area contributed by atoms with E-state index in [1.165, 1.54) is 30.2 Å². The Morgan fingerprint density at radius 2 is 2.04 bits per heavy atom. The highest BCUT2D eigenvalue weighted by molar-refractivity contribution is 6.04. The average Bonchev–Trinajstić information content (AvgIpc) is 3.12. The lowest BCUT2D eigenvalue weighted by atomic mass is 9.93. The minimum Gasteiger partial charge on any atom is -0.326 e. The lowest BCUT2D eigenvalue weighted by molar-refractivity contribution is 0.102. The van der Waals surface area contributed by atoms with Crippen LogP contribution >= 0.6 is 0 Å². The smallest absolute Gasteiger partial charge is 0.255 e. The minimum atomic E-state index is -0.294. The number of carbonyl (C=O) groups is 1. The predicted octanol–water partition coefficient (Wildman–Crippen LogP) is 3.46. The van der Waals surface area contributed by atoms with E-state index in [1.54, 1.807) is 6.07 Å². The van der Waals surface area contributed by atoms with Gasteiger partial charge in [-0.15, -0.1) is 0 Å². The summed E-state index contributed by atoms with van der Waals surface area (Å²) in [6.45, 7) is 1.93. The molecule has 4 rings (SSSR count). The first-order chi connectivity index (χ1) is 13.1. The number of amides is 1. The number of nitrogens with one attached hydrogen (secondary N) is 3. The number of hydrogen-bond acceptors (Lipinski definition) is 3. The lowest BCUT2D eigenvalue weighted by Crippen LogP contribution is -2.17. The van der Waals surface area contributed by atoms with E-state index in [-0.39, 0.29) is 11.5 Å². The summed E-state index contributed by atoms with van der Waals surface area (Å²) in [5.41, 5.74) is 5.97. The maximum atomic E-state index is 12.6. The molecular weight excluding hydrogens is 340 g/mol. The molecule has 3 aromatic rings. The van der Waals surface area contributed by atoms with Gasteiger partial charge in [0, 0.05) is 39.8 Å². The van der Waals surface area contributed by atoms with Gasteiger partial charge in [0.15, 0.2) is 0 Å². The number of pyridine rings is 1. The fourth-order valence-electron chi connectivity index (χ4n) is 3.59. The summed E-state index contributed by atoms with van der Waals surface area (Å²) in [5.74, 6) is -0.294. The molecule has 1 amide bonds. The molecule has 138 valence electrons. The standard InChI is InChI=1S/C21H22N4O2/c1-2-15-11-14(12-19(26)22-15)21(27)23-16-7-5-6-13(10-16)20-17-8-3-4-9-18(17)24-25-20/h5-7,10-12H,2-4,8-9H2,1H3,(H,22,26)(H,23,27)(H,24,25). The Hall–Kier alpha value is -3.15. The Morgan fingerprint density at radius 3 is 2.89 bits per heavy atom. The van der Waals surface area contributed by atoms with Crippen LogP contribution in [-0.4, -0.2) is 21.1 Å². The Labute approximate surface area is 157 Å². The zero-order valence-electron chi connectivity index (χ0n) is 15.3. The van der Waals surface area contributed by atoms with Gasteiger partial charge in [0.25, 0.3) is 5.91 Å². The normalized spacial score (nSPS) is 13.2. The van der Waals surface area contributed by atoms with Gasteiger partial charge >= 0.3 is 0 Å². The van der Waals surface area contributed by atoms with Crippen LogP contribution in [-0.2, 0) is 19.3 Å². The number of carbonyl (C=O) groups excluding carboxylic acids is 1. The van der Waals surface area contributed by atoms with Gasteiger partial charge < -0.3 is 10.3 Å². The molecule has 2 aromatic heterocycles. The Balaban J connectivity index is 1.60. The second kappa shape index (κ2) is 7.23. The van der Waals surface area contributed by atoms with Gasteiger partial charge in [-0.25, -0.2) is 0 Å². The monoisotopic (exact) mass is 362 g/mol. The van der Waals surface area contributed by atoms with Crippen LogP contribution in [0.15, 0.2) is 41.2 Å². The second-order valence-electron chi connectivity index (χ2n) is 6.88. The largest absolute Gasteiger partial charge is 0.326 e. The van der Waals surface area contributed by atoms with Crippen LogP contribution in [0.3, 0.4) is 0 Å². The molecule has 0 bridgehead atoms. The fourth-order valence-corrected chi connectivity index (χ4v) is 3.59. The highest BCUT2D eigenvalue weighted by atomic mass is 16.2. The van der Waals surface area contributed by atoms with E-state index < -0.39 is 0 Å². The van der Waals surface area contributed by atoms with Gasteiger partial charge in [0.05, 0.1) is 5.69 Å². The van der Waals surface area contributed by atoms with Crippen molar-refractivity contribution in [1.29, 1.82) is 0 Å². The number of aryl methyl sites for hydroxylation is 2. The summed E-state index contributed by atoms with van der Waals surface area (Å²) in [7, 11) is 0. The molecule has 3 N–H and O–H groups in total. The summed E-state index contributed by atoms with van der Waals surface area (Å²) in [6, 6.07) is 10.7. The number of benzene rings is 1. The summed E-state index contributed by atoms with van der Waals surface area (Å²) in [6.07, 6.45) is 5.11. The molecule has 0 unspecified atom stereocenters. The molecule has 0 spiro atoms. The zero-order valence-corrected chi connectivity index (χ0v) is 15.3. The van der Waals surface area contributed by atoms with Gasteiger partial charge in [-0.05, 0) is 50.3 Å². The van der Waals surface area contributed by atoms with E-state index in [2.05, 4.69) is 20.5 Å². The molecule has 0 aliphatic heterocycles. The van der Waals surface area contributed by atoms with Gasteiger partial charge in [-0.3, -0.25) is 14.7 Å². The second-order valence-corrected chi connectivity index (χ2v) is 6.88. The Bertz CT molecular complexity index is 1050. The SMILES string of the molecule is CCc1cc(C(=O)Nc2cccc(-c3n[nH]c4c3CCCC4)c2)cc(=O)[nH]1. The number of rotatable bonds is 4. The quantitative estimate of drug-likeness (QED) is 0.664. The first-order valence-corrected chi connectivity index (χ1v) is 9.35. The van der Waals surface area contributed by atoms with Crippen molar-refractivity contribution in [2.24, 2.45) is 0 Å². The fraction of sp³-hybridized carbons (Fsp3) is 0.286. The number of anilines is 1. The van der Waals surface area contributed by atoms with E-state index in [1.807, 2.05) is 31.2 Å². The van der Waals surface area contributed by atoms with Crippen LogP contribution in [0.2, 0.25) is 0 Å². The summed E-state index contributed by atoms with van der Waals surface area (Å²) < 4.78 is 0. The summed E-state index contributed by atoms with van der Waals surface area (Å²) in [5, 5.41) is 10.5. The average molecular weight is 362 g/mol. The molecular formula is C21H22N4O2. The van der Waals surface area contributed by atoms with Gasteiger partial charge in [0.1, 0.15) is 0 Å². The van der Waals surface area contributed by atoms with E-state index in [4.69, 9.17) is 0 Å². The van der Waals surface area contributed by atoms with Gasteiger partial charge in [-0.2, -0.15) is 5.10 Å². The highest BCUT2D eigenvalue weighted by Crippen LogP contribution is 2.30. The number of fused-ring (bicyclic) bond motifs is 1. The van der Waals surface area contributed by atoms with Crippen molar-refractivity contribution in [3.63, 3.8) is 0 Å². The van der Waals surface area contributed by atoms with Crippen molar-refractivity contribution in [3.05, 3.63) is 69.3 Å². The maximum absolute atomic E-state index is 12.6. The number of aromatic amines is 2. The van der Waals surface area contributed by atoms with Crippen molar-refractivity contribution in [3.8, 4) is 11.3 Å². The van der Waals surface area contributed by atoms with E-state index in [0.29, 0.717) is 17.7 Å². The number of hydrogen-bond donors (Lipinski definition) is 3. The van der Waals surface area contributed by atoms with Crippen LogP contribution < -0.4 is 10.9 Å². The molecule has 0 fully saturated rings. The topological polar surface area (TPSA) is 90.6 Å². The molecule has 2 heterocycles. The van der Waals surface area contributed by atoms with Gasteiger partial charge in [-0.1, -0.05) is 19.1 Å². The number of aromatic nitrogens is 3. The minimum absolute atomic E-state index is 0.267. The molecule has 6 heteroatoms. The van der Waals surface area contributed by atoms with Crippen molar-refractivity contribution in [2.45, 2.75) is 39.0 Å². The molecule has 1 aliphatic carbocycles. The molecule has 0 saturated carbocycles. The molecule has 6 nitrogen and oxygen atoms in total. The van der Waals surface area contributed by atoms with Crippen molar-refractivity contribution < 1.29 is 4.79 Å². The van der Waals surface area contributed by atoms with Gasteiger partial charge in [0.2, 0.25) is 5.56 Å². The highest BCUT2D eigenvalue weighted by Gasteiger charge is 2.18. The van der Waals surface area contributed by atoms with Crippen LogP contribution in [0, 0.1) is 0 Å². The molecule has 0 atom stereocenters. The van der Waals surface area contributed by atoms with Crippen molar-refractivity contribution in [2.75, 3.05) is 5.32 Å².